The van der Waals surface area contributed by atoms with E-state index in [0.29, 0.717) is 48.4 Å². The highest BCUT2D eigenvalue weighted by Gasteiger charge is 2.31. The Hall–Kier alpha value is -3.16. The standard InChI is InChI=1S/C29H35ClN4O3/c1-6-15-37-29(36)34-14-13-33(18-19(34)2)28(35)23-11-12-24-25(30)17-26(31-27(24)16-23)22-9-7-21(8-10-22)20(3)32(4)5/h7-12,16-17,19-20H,6,13-15,18H2,1-5H3/t19-,20?/m1/s1. The van der Waals surface area contributed by atoms with Crippen LogP contribution in [-0.2, 0) is 4.74 Å². The van der Waals surface area contributed by atoms with Crippen LogP contribution >= 0.6 is 11.6 Å². The second-order valence-corrected chi connectivity index (χ2v) is 10.3. The van der Waals surface area contributed by atoms with E-state index in [4.69, 9.17) is 21.3 Å². The molecule has 7 nitrogen and oxygen atoms in total. The summed E-state index contributed by atoms with van der Waals surface area (Å²) < 4.78 is 5.28. The summed E-state index contributed by atoms with van der Waals surface area (Å²) in [4.78, 5) is 36.1. The lowest BCUT2D eigenvalue weighted by Crippen LogP contribution is -2.55. The lowest BCUT2D eigenvalue weighted by atomic mass is 10.0. The van der Waals surface area contributed by atoms with Crippen LogP contribution in [0.1, 0.15) is 49.2 Å². The number of aromatic nitrogens is 1. The van der Waals surface area contributed by atoms with Gasteiger partial charge in [0.15, 0.2) is 0 Å². The van der Waals surface area contributed by atoms with E-state index in [-0.39, 0.29) is 18.0 Å². The van der Waals surface area contributed by atoms with Crippen molar-refractivity contribution in [1.82, 2.24) is 19.7 Å². The first-order valence-electron chi connectivity index (χ1n) is 12.8. The molecule has 1 fully saturated rings. The molecule has 0 radical (unpaired) electrons. The van der Waals surface area contributed by atoms with Crippen LogP contribution in [0.15, 0.2) is 48.5 Å². The minimum atomic E-state index is -0.317. The number of piperazine rings is 1. The van der Waals surface area contributed by atoms with Crippen LogP contribution in [0.4, 0.5) is 4.79 Å². The number of rotatable bonds is 6. The van der Waals surface area contributed by atoms with Crippen molar-refractivity contribution in [3.8, 4) is 11.3 Å². The Morgan fingerprint density at radius 2 is 1.86 bits per heavy atom. The zero-order valence-corrected chi connectivity index (χ0v) is 23.0. The van der Waals surface area contributed by atoms with Gasteiger partial charge < -0.3 is 19.4 Å². The van der Waals surface area contributed by atoms with Crippen LogP contribution in [-0.4, -0.2) is 78.1 Å². The maximum absolute atomic E-state index is 13.4. The molecule has 196 valence electrons. The molecule has 8 heteroatoms. The number of hydrogen-bond donors (Lipinski definition) is 0. The quantitative estimate of drug-likeness (QED) is 0.405. The number of nitrogens with zero attached hydrogens (tertiary/aromatic N) is 4. The van der Waals surface area contributed by atoms with Gasteiger partial charge in [0, 0.05) is 48.2 Å². The highest BCUT2D eigenvalue weighted by atomic mass is 35.5. The smallest absolute Gasteiger partial charge is 0.410 e. The number of amides is 2. The van der Waals surface area contributed by atoms with E-state index >= 15 is 0 Å². The number of pyridine rings is 1. The normalized spacial score (nSPS) is 16.8. The average Bonchev–Trinajstić information content (AvgIpc) is 2.90. The first kappa shape index (κ1) is 26.9. The Balaban J connectivity index is 1.54. The number of fused-ring (bicyclic) bond motifs is 1. The molecule has 0 spiro atoms. The molecule has 2 atom stereocenters. The van der Waals surface area contributed by atoms with Crippen LogP contribution in [0, 0.1) is 0 Å². The summed E-state index contributed by atoms with van der Waals surface area (Å²) in [6.45, 7) is 7.81. The van der Waals surface area contributed by atoms with Crippen molar-refractivity contribution >= 4 is 34.5 Å². The molecular formula is C29H35ClN4O3. The predicted octanol–water partition coefficient (Wildman–Crippen LogP) is 5.87. The molecule has 1 unspecified atom stereocenters. The molecule has 1 aliphatic rings. The SMILES string of the molecule is CCCOC(=O)N1CCN(C(=O)c2ccc3c(Cl)cc(-c4ccc(C(C)N(C)C)cc4)nc3c2)C[C@H]1C. The van der Waals surface area contributed by atoms with Gasteiger partial charge in [-0.2, -0.15) is 0 Å². The van der Waals surface area contributed by atoms with E-state index < -0.39 is 0 Å². The van der Waals surface area contributed by atoms with E-state index in [1.165, 1.54) is 5.56 Å². The Morgan fingerprint density at radius 3 is 2.51 bits per heavy atom. The minimum absolute atomic E-state index is 0.0827. The molecule has 3 aromatic rings. The molecule has 0 bridgehead atoms. The maximum atomic E-state index is 13.4. The fourth-order valence-electron chi connectivity index (χ4n) is 4.57. The molecule has 2 heterocycles. The van der Waals surface area contributed by atoms with E-state index in [1.54, 1.807) is 15.9 Å². The third kappa shape index (κ3) is 5.89. The van der Waals surface area contributed by atoms with E-state index in [1.807, 2.05) is 32.0 Å². The van der Waals surface area contributed by atoms with Gasteiger partial charge >= 0.3 is 6.09 Å². The van der Waals surface area contributed by atoms with Gasteiger partial charge in [-0.15, -0.1) is 0 Å². The molecule has 2 amide bonds. The van der Waals surface area contributed by atoms with Crippen LogP contribution in [0.3, 0.4) is 0 Å². The van der Waals surface area contributed by atoms with Crippen LogP contribution in [0.5, 0.6) is 0 Å². The summed E-state index contributed by atoms with van der Waals surface area (Å²) in [7, 11) is 4.12. The second-order valence-electron chi connectivity index (χ2n) is 9.89. The van der Waals surface area contributed by atoms with Crippen molar-refractivity contribution in [2.24, 2.45) is 0 Å². The lowest BCUT2D eigenvalue weighted by Gasteiger charge is -2.39. The summed E-state index contributed by atoms with van der Waals surface area (Å²) in [6.07, 6.45) is 0.462. The number of hydrogen-bond acceptors (Lipinski definition) is 5. The van der Waals surface area contributed by atoms with Crippen molar-refractivity contribution in [3.63, 3.8) is 0 Å². The molecule has 37 heavy (non-hydrogen) atoms. The van der Waals surface area contributed by atoms with E-state index in [9.17, 15) is 9.59 Å². The summed E-state index contributed by atoms with van der Waals surface area (Å²) >= 11 is 6.63. The monoisotopic (exact) mass is 522 g/mol. The Labute approximate surface area is 224 Å². The second kappa shape index (κ2) is 11.5. The molecule has 2 aromatic carbocycles. The van der Waals surface area contributed by atoms with Crippen molar-refractivity contribution in [1.29, 1.82) is 0 Å². The summed E-state index contributed by atoms with van der Waals surface area (Å²) in [5.74, 6) is -0.0827. The van der Waals surface area contributed by atoms with Gasteiger partial charge in [-0.1, -0.05) is 48.9 Å². The van der Waals surface area contributed by atoms with Crippen LogP contribution in [0.25, 0.3) is 22.2 Å². The van der Waals surface area contributed by atoms with E-state index in [0.717, 1.165) is 23.1 Å². The molecule has 0 saturated carbocycles. The van der Waals surface area contributed by atoms with Crippen LogP contribution in [0.2, 0.25) is 5.02 Å². The zero-order valence-electron chi connectivity index (χ0n) is 22.2. The number of ether oxygens (including phenoxy) is 1. The molecule has 0 N–H and O–H groups in total. The highest BCUT2D eigenvalue weighted by Crippen LogP contribution is 2.30. The van der Waals surface area contributed by atoms with Crippen molar-refractivity contribution in [3.05, 3.63) is 64.7 Å². The lowest BCUT2D eigenvalue weighted by molar-refractivity contribution is 0.0412. The van der Waals surface area contributed by atoms with Crippen molar-refractivity contribution in [2.45, 2.75) is 39.3 Å². The number of benzene rings is 2. The third-order valence-corrected chi connectivity index (χ3v) is 7.36. The topological polar surface area (TPSA) is 66.0 Å². The zero-order chi connectivity index (χ0) is 26.7. The summed E-state index contributed by atoms with van der Waals surface area (Å²) in [5.41, 5.74) is 4.18. The average molecular weight is 523 g/mol. The Morgan fingerprint density at radius 1 is 1.14 bits per heavy atom. The minimum Gasteiger partial charge on any atom is -0.449 e. The first-order chi connectivity index (χ1) is 17.7. The Bertz CT molecular complexity index is 1280. The van der Waals surface area contributed by atoms with Gasteiger partial charge in [-0.3, -0.25) is 4.79 Å². The first-order valence-corrected chi connectivity index (χ1v) is 13.2. The number of halogens is 1. The molecular weight excluding hydrogens is 488 g/mol. The highest BCUT2D eigenvalue weighted by molar-refractivity contribution is 6.35. The van der Waals surface area contributed by atoms with Gasteiger partial charge in [0.2, 0.25) is 0 Å². The maximum Gasteiger partial charge on any atom is 0.410 e. The predicted molar refractivity (Wildman–Crippen MR) is 148 cm³/mol. The van der Waals surface area contributed by atoms with Gasteiger partial charge in [0.25, 0.3) is 5.91 Å². The summed E-state index contributed by atoms with van der Waals surface area (Å²) in [5, 5.41) is 1.40. The van der Waals surface area contributed by atoms with Gasteiger partial charge in [-0.25, -0.2) is 9.78 Å². The molecule has 4 rings (SSSR count). The number of carbonyl (C=O) groups is 2. The van der Waals surface area contributed by atoms with Crippen LogP contribution < -0.4 is 0 Å². The molecule has 1 aromatic heterocycles. The third-order valence-electron chi connectivity index (χ3n) is 7.05. The van der Waals surface area contributed by atoms with Gasteiger partial charge in [-0.05, 0) is 58.1 Å². The fraction of sp³-hybridized carbons (Fsp3) is 0.414. The molecule has 1 aliphatic heterocycles. The van der Waals surface area contributed by atoms with Gasteiger partial charge in [0.05, 0.1) is 22.8 Å². The van der Waals surface area contributed by atoms with Crippen molar-refractivity contribution in [2.75, 3.05) is 40.3 Å². The fourth-order valence-corrected chi connectivity index (χ4v) is 4.83. The molecule has 1 saturated heterocycles. The van der Waals surface area contributed by atoms with Crippen molar-refractivity contribution < 1.29 is 14.3 Å². The summed E-state index contributed by atoms with van der Waals surface area (Å²) in [6, 6.07) is 15.8. The van der Waals surface area contributed by atoms with E-state index in [2.05, 4.69) is 50.2 Å². The Kier molecular flexibility index (Phi) is 8.35. The molecule has 0 aliphatic carbocycles. The number of carbonyl (C=O) groups excluding carboxylic acids is 2. The largest absolute Gasteiger partial charge is 0.449 e. The van der Waals surface area contributed by atoms with Gasteiger partial charge in [0.1, 0.15) is 0 Å².